The smallest absolute Gasteiger partial charge is 0.255 e. The number of amides is 1. The molecule has 1 fully saturated rings. The monoisotopic (exact) mass is 353 g/mol. The number of hydrogen-bond donors (Lipinski definition) is 2. The number of carbonyl (C=O) groups excluding carboxylic acids is 1. The van der Waals surface area contributed by atoms with Gasteiger partial charge in [-0.15, -0.1) is 0 Å². The lowest BCUT2D eigenvalue weighted by Crippen LogP contribution is -2.27. The zero-order valence-corrected chi connectivity index (χ0v) is 14.4. The number of nitrogens with zero attached hydrogens (tertiary/aromatic N) is 1. The molecule has 1 aromatic heterocycles. The van der Waals surface area contributed by atoms with E-state index < -0.39 is 0 Å². The molecule has 1 saturated carbocycles. The molecular formula is C16H24BrN3O. The summed E-state index contributed by atoms with van der Waals surface area (Å²) < 4.78 is 0.813. The quantitative estimate of drug-likeness (QED) is 0.845. The predicted molar refractivity (Wildman–Crippen MR) is 89.6 cm³/mol. The van der Waals surface area contributed by atoms with E-state index in [-0.39, 0.29) is 5.91 Å². The molecule has 116 valence electrons. The van der Waals surface area contributed by atoms with Gasteiger partial charge in [0.15, 0.2) is 0 Å². The first-order valence-electron chi connectivity index (χ1n) is 7.71. The Hall–Kier alpha value is -1.10. The molecule has 1 heterocycles. The number of rotatable bonds is 5. The first kappa shape index (κ1) is 16.3. The highest BCUT2D eigenvalue weighted by Crippen LogP contribution is 2.30. The molecule has 0 aliphatic heterocycles. The average Bonchev–Trinajstić information content (AvgIpc) is 2.49. The van der Waals surface area contributed by atoms with Crippen LogP contribution in [-0.4, -0.2) is 24.5 Å². The van der Waals surface area contributed by atoms with Crippen molar-refractivity contribution in [3.8, 4) is 0 Å². The number of nitrogens with one attached hydrogen (secondary N) is 2. The van der Waals surface area contributed by atoms with Gasteiger partial charge in [0.25, 0.3) is 5.91 Å². The van der Waals surface area contributed by atoms with Crippen LogP contribution < -0.4 is 10.6 Å². The second kappa shape index (κ2) is 7.78. The third-order valence-electron chi connectivity index (χ3n) is 4.31. The van der Waals surface area contributed by atoms with Crippen molar-refractivity contribution in [2.24, 2.45) is 11.8 Å². The van der Waals surface area contributed by atoms with Crippen LogP contribution in [0.2, 0.25) is 0 Å². The summed E-state index contributed by atoms with van der Waals surface area (Å²) in [6.45, 7) is 3.07. The van der Waals surface area contributed by atoms with E-state index >= 15 is 0 Å². The van der Waals surface area contributed by atoms with E-state index in [1.165, 1.54) is 25.7 Å². The van der Waals surface area contributed by atoms with Gasteiger partial charge >= 0.3 is 0 Å². The molecular weight excluding hydrogens is 330 g/mol. The summed E-state index contributed by atoms with van der Waals surface area (Å²) in [5.74, 6) is 2.20. The highest BCUT2D eigenvalue weighted by molar-refractivity contribution is 9.10. The Labute approximate surface area is 135 Å². The average molecular weight is 354 g/mol. The molecule has 1 aromatic rings. The van der Waals surface area contributed by atoms with Crippen LogP contribution in [0.5, 0.6) is 0 Å². The summed E-state index contributed by atoms with van der Waals surface area (Å²) in [5.41, 5.74) is 0.587. The van der Waals surface area contributed by atoms with Crippen LogP contribution in [0.15, 0.2) is 16.7 Å². The number of halogens is 1. The van der Waals surface area contributed by atoms with Gasteiger partial charge in [0.2, 0.25) is 0 Å². The van der Waals surface area contributed by atoms with E-state index in [0.29, 0.717) is 11.4 Å². The summed E-state index contributed by atoms with van der Waals surface area (Å²) in [7, 11) is 1.77. The fourth-order valence-electron chi connectivity index (χ4n) is 2.91. The fraction of sp³-hybridized carbons (Fsp3) is 0.625. The van der Waals surface area contributed by atoms with Crippen LogP contribution in [-0.2, 0) is 0 Å². The molecule has 4 nitrogen and oxygen atoms in total. The van der Waals surface area contributed by atoms with Gasteiger partial charge in [-0.25, -0.2) is 4.98 Å². The second-order valence-electron chi connectivity index (χ2n) is 5.97. The molecule has 2 N–H and O–H groups in total. The fourth-order valence-corrected chi connectivity index (χ4v) is 3.25. The molecule has 0 atom stereocenters. The molecule has 0 spiro atoms. The van der Waals surface area contributed by atoms with E-state index in [1.807, 2.05) is 0 Å². The maximum Gasteiger partial charge on any atom is 0.255 e. The van der Waals surface area contributed by atoms with Crippen molar-refractivity contribution in [2.45, 2.75) is 39.0 Å². The lowest BCUT2D eigenvalue weighted by Gasteiger charge is -2.26. The summed E-state index contributed by atoms with van der Waals surface area (Å²) in [6, 6.07) is 1.80. The van der Waals surface area contributed by atoms with E-state index in [0.717, 1.165) is 29.3 Å². The number of pyridine rings is 1. The Morgan fingerprint density at radius 1 is 1.38 bits per heavy atom. The van der Waals surface area contributed by atoms with E-state index in [1.54, 1.807) is 19.3 Å². The van der Waals surface area contributed by atoms with Crippen molar-refractivity contribution in [3.05, 3.63) is 22.3 Å². The molecule has 21 heavy (non-hydrogen) atoms. The van der Waals surface area contributed by atoms with Crippen molar-refractivity contribution in [3.63, 3.8) is 0 Å². The zero-order chi connectivity index (χ0) is 15.2. The van der Waals surface area contributed by atoms with Gasteiger partial charge in [-0.1, -0.05) is 32.6 Å². The highest BCUT2D eigenvalue weighted by Gasteiger charge is 2.18. The van der Waals surface area contributed by atoms with E-state index in [4.69, 9.17) is 0 Å². The topological polar surface area (TPSA) is 54.0 Å². The third-order valence-corrected chi connectivity index (χ3v) is 4.74. The molecule has 0 saturated heterocycles. The van der Waals surface area contributed by atoms with E-state index in [9.17, 15) is 4.79 Å². The van der Waals surface area contributed by atoms with Crippen LogP contribution in [0, 0.1) is 11.8 Å². The minimum Gasteiger partial charge on any atom is -0.372 e. The maximum absolute atomic E-state index is 12.3. The molecule has 1 aliphatic carbocycles. The van der Waals surface area contributed by atoms with Crippen LogP contribution >= 0.6 is 15.9 Å². The van der Waals surface area contributed by atoms with Crippen molar-refractivity contribution >= 4 is 27.7 Å². The lowest BCUT2D eigenvalue weighted by molar-refractivity contribution is 0.0950. The molecule has 5 heteroatoms. The maximum atomic E-state index is 12.3. The summed E-state index contributed by atoms with van der Waals surface area (Å²) in [4.78, 5) is 16.5. The van der Waals surface area contributed by atoms with Crippen molar-refractivity contribution in [2.75, 3.05) is 18.9 Å². The van der Waals surface area contributed by atoms with Crippen molar-refractivity contribution in [1.29, 1.82) is 0 Å². The van der Waals surface area contributed by atoms with Crippen molar-refractivity contribution < 1.29 is 4.79 Å². The van der Waals surface area contributed by atoms with Gasteiger partial charge in [0.1, 0.15) is 5.82 Å². The van der Waals surface area contributed by atoms with E-state index in [2.05, 4.69) is 38.5 Å². The van der Waals surface area contributed by atoms with Gasteiger partial charge in [0.05, 0.1) is 5.56 Å². The molecule has 0 unspecified atom stereocenters. The molecule has 1 amide bonds. The largest absolute Gasteiger partial charge is 0.372 e. The minimum atomic E-state index is -0.0580. The Morgan fingerprint density at radius 3 is 2.76 bits per heavy atom. The Morgan fingerprint density at radius 2 is 2.10 bits per heavy atom. The molecule has 1 aliphatic rings. The molecule has 0 radical (unpaired) electrons. The standard InChI is InChI=1S/C16H24BrN3O/c1-11-3-5-12(6-4-11)7-8-19-16(21)14-9-13(17)10-20-15(14)18-2/h9-12H,3-8H2,1-2H3,(H,18,20)(H,19,21). The first-order chi connectivity index (χ1) is 10.1. The molecule has 0 bridgehead atoms. The Kier molecular flexibility index (Phi) is 6.03. The van der Waals surface area contributed by atoms with Gasteiger partial charge in [-0.2, -0.15) is 0 Å². The zero-order valence-electron chi connectivity index (χ0n) is 12.8. The van der Waals surface area contributed by atoms with Crippen LogP contribution in [0.1, 0.15) is 49.4 Å². The summed E-state index contributed by atoms with van der Waals surface area (Å²) >= 11 is 3.36. The SMILES string of the molecule is CNc1ncc(Br)cc1C(=O)NCCC1CCC(C)CC1. The number of carbonyl (C=O) groups is 1. The van der Waals surface area contributed by atoms with Gasteiger partial charge in [0, 0.05) is 24.3 Å². The number of anilines is 1. The first-order valence-corrected chi connectivity index (χ1v) is 8.51. The molecule has 2 rings (SSSR count). The van der Waals surface area contributed by atoms with Gasteiger partial charge in [-0.05, 0) is 40.3 Å². The normalized spacial score (nSPS) is 21.9. The molecule has 0 aromatic carbocycles. The number of hydrogen-bond acceptors (Lipinski definition) is 3. The van der Waals surface area contributed by atoms with Crippen LogP contribution in [0.25, 0.3) is 0 Å². The Bertz CT molecular complexity index is 484. The minimum absolute atomic E-state index is 0.0580. The third kappa shape index (κ3) is 4.70. The second-order valence-corrected chi connectivity index (χ2v) is 6.89. The lowest BCUT2D eigenvalue weighted by atomic mass is 9.81. The van der Waals surface area contributed by atoms with Crippen molar-refractivity contribution in [1.82, 2.24) is 10.3 Å². The number of aromatic nitrogens is 1. The van der Waals surface area contributed by atoms with Gasteiger partial charge in [-0.3, -0.25) is 4.79 Å². The summed E-state index contributed by atoms with van der Waals surface area (Å²) in [6.07, 6.45) is 8.03. The Balaban J connectivity index is 1.83. The van der Waals surface area contributed by atoms with Crippen LogP contribution in [0.4, 0.5) is 5.82 Å². The van der Waals surface area contributed by atoms with Gasteiger partial charge < -0.3 is 10.6 Å². The van der Waals surface area contributed by atoms with Crippen LogP contribution in [0.3, 0.4) is 0 Å². The predicted octanol–water partition coefficient (Wildman–Crippen LogP) is 3.83. The highest BCUT2D eigenvalue weighted by atomic mass is 79.9. The summed E-state index contributed by atoms with van der Waals surface area (Å²) in [5, 5.41) is 5.98.